The van der Waals surface area contributed by atoms with Gasteiger partial charge in [0.05, 0.1) is 12.4 Å². The van der Waals surface area contributed by atoms with Crippen LogP contribution in [0.4, 0.5) is 5.69 Å². The zero-order chi connectivity index (χ0) is 12.8. The lowest BCUT2D eigenvalue weighted by Crippen LogP contribution is -2.22. The molecule has 1 aromatic rings. The van der Waals surface area contributed by atoms with Crippen LogP contribution in [-0.2, 0) is 10.8 Å². The molecule has 1 rings (SSSR count). The summed E-state index contributed by atoms with van der Waals surface area (Å²) in [6.07, 6.45) is 0. The quantitative estimate of drug-likeness (QED) is 0.794. The summed E-state index contributed by atoms with van der Waals surface area (Å²) >= 11 is 0. The average molecular weight is 255 g/mol. The highest BCUT2D eigenvalue weighted by Crippen LogP contribution is 2.13. The van der Waals surface area contributed by atoms with Crippen molar-refractivity contribution in [2.45, 2.75) is 26.0 Å². The molecule has 0 aliphatic rings. The Labute approximate surface area is 106 Å². The van der Waals surface area contributed by atoms with Crippen LogP contribution in [0.3, 0.4) is 0 Å². The third-order valence-electron chi connectivity index (χ3n) is 2.79. The minimum absolute atomic E-state index is 0.213. The van der Waals surface area contributed by atoms with Gasteiger partial charge in [-0.25, -0.2) is 0 Å². The van der Waals surface area contributed by atoms with E-state index in [0.29, 0.717) is 24.0 Å². The van der Waals surface area contributed by atoms with Gasteiger partial charge in [-0.05, 0) is 30.2 Å². The SMILES string of the molecule is CC(C)C(C)S(=O)CCOc1ccc(N)cc1. The highest BCUT2D eigenvalue weighted by molar-refractivity contribution is 7.85. The summed E-state index contributed by atoms with van der Waals surface area (Å²) in [5.74, 6) is 1.78. The summed E-state index contributed by atoms with van der Waals surface area (Å²) in [4.78, 5) is 0. The normalized spacial score (nSPS) is 14.6. The molecular formula is C13H21NO2S. The Balaban J connectivity index is 2.33. The average Bonchev–Trinajstić information content (AvgIpc) is 2.30. The van der Waals surface area contributed by atoms with E-state index in [-0.39, 0.29) is 5.25 Å². The van der Waals surface area contributed by atoms with Gasteiger partial charge in [0.1, 0.15) is 5.75 Å². The second-order valence-corrected chi connectivity index (χ2v) is 6.36. The highest BCUT2D eigenvalue weighted by Gasteiger charge is 2.14. The minimum Gasteiger partial charge on any atom is -0.493 e. The maximum atomic E-state index is 11.8. The van der Waals surface area contributed by atoms with E-state index >= 15 is 0 Å². The fraction of sp³-hybridized carbons (Fsp3) is 0.538. The molecule has 0 spiro atoms. The molecule has 0 amide bonds. The smallest absolute Gasteiger partial charge is 0.119 e. The predicted molar refractivity (Wildman–Crippen MR) is 73.7 cm³/mol. The van der Waals surface area contributed by atoms with Gasteiger partial charge >= 0.3 is 0 Å². The summed E-state index contributed by atoms with van der Waals surface area (Å²) in [5, 5.41) is 0.213. The first-order valence-corrected chi connectivity index (χ1v) is 7.24. The summed E-state index contributed by atoms with van der Waals surface area (Å²) in [5.41, 5.74) is 6.29. The minimum atomic E-state index is -0.823. The van der Waals surface area contributed by atoms with Crippen LogP contribution in [0.15, 0.2) is 24.3 Å². The Morgan fingerprint density at radius 2 is 1.82 bits per heavy atom. The van der Waals surface area contributed by atoms with Crippen LogP contribution >= 0.6 is 0 Å². The summed E-state index contributed by atoms with van der Waals surface area (Å²) in [6.45, 7) is 6.67. The number of anilines is 1. The summed E-state index contributed by atoms with van der Waals surface area (Å²) in [7, 11) is -0.823. The van der Waals surface area contributed by atoms with Crippen LogP contribution in [0.5, 0.6) is 5.75 Å². The second kappa shape index (κ2) is 6.64. The molecule has 96 valence electrons. The first kappa shape index (κ1) is 14.0. The Morgan fingerprint density at radius 3 is 2.35 bits per heavy atom. The van der Waals surface area contributed by atoms with Gasteiger partial charge in [-0.3, -0.25) is 4.21 Å². The number of ether oxygens (including phenoxy) is 1. The van der Waals surface area contributed by atoms with Crippen LogP contribution in [0.25, 0.3) is 0 Å². The largest absolute Gasteiger partial charge is 0.493 e. The van der Waals surface area contributed by atoms with Crippen LogP contribution in [0.1, 0.15) is 20.8 Å². The molecule has 0 aromatic heterocycles. The molecule has 2 N–H and O–H groups in total. The van der Waals surface area contributed by atoms with Crippen molar-refractivity contribution in [2.24, 2.45) is 5.92 Å². The molecule has 0 fully saturated rings. The van der Waals surface area contributed by atoms with Crippen molar-refractivity contribution < 1.29 is 8.95 Å². The number of hydrogen-bond acceptors (Lipinski definition) is 3. The van der Waals surface area contributed by atoms with Gasteiger partial charge in [-0.15, -0.1) is 0 Å². The van der Waals surface area contributed by atoms with Crippen LogP contribution < -0.4 is 10.5 Å². The fourth-order valence-electron chi connectivity index (χ4n) is 1.30. The molecule has 0 aliphatic heterocycles. The van der Waals surface area contributed by atoms with Gasteiger partial charge < -0.3 is 10.5 Å². The molecule has 0 saturated heterocycles. The van der Waals surface area contributed by atoms with E-state index < -0.39 is 10.8 Å². The van der Waals surface area contributed by atoms with E-state index in [1.165, 1.54) is 0 Å². The van der Waals surface area contributed by atoms with E-state index in [1.807, 2.05) is 19.1 Å². The highest BCUT2D eigenvalue weighted by atomic mass is 32.2. The van der Waals surface area contributed by atoms with E-state index in [1.54, 1.807) is 12.1 Å². The number of rotatable bonds is 6. The standard InChI is InChI=1S/C13H21NO2S/c1-10(2)11(3)17(15)9-8-16-13-6-4-12(14)5-7-13/h4-7,10-11H,8-9,14H2,1-3H3. The van der Waals surface area contributed by atoms with Crippen LogP contribution in [0, 0.1) is 5.92 Å². The summed E-state index contributed by atoms with van der Waals surface area (Å²) in [6, 6.07) is 7.24. The molecule has 0 heterocycles. The molecule has 0 radical (unpaired) electrons. The van der Waals surface area contributed by atoms with Crippen molar-refractivity contribution in [1.82, 2.24) is 0 Å². The lowest BCUT2D eigenvalue weighted by Gasteiger charge is -2.15. The van der Waals surface area contributed by atoms with Crippen molar-refractivity contribution in [3.05, 3.63) is 24.3 Å². The van der Waals surface area contributed by atoms with Crippen molar-refractivity contribution in [2.75, 3.05) is 18.1 Å². The number of hydrogen-bond donors (Lipinski definition) is 1. The molecule has 0 aliphatic carbocycles. The Morgan fingerprint density at radius 1 is 1.24 bits per heavy atom. The zero-order valence-corrected chi connectivity index (χ0v) is 11.5. The second-order valence-electron chi connectivity index (χ2n) is 4.45. The lowest BCUT2D eigenvalue weighted by molar-refractivity contribution is 0.342. The molecule has 1 aromatic carbocycles. The molecule has 2 unspecified atom stereocenters. The Hall–Kier alpha value is -1.03. The molecule has 2 atom stereocenters. The fourth-order valence-corrected chi connectivity index (χ4v) is 2.52. The van der Waals surface area contributed by atoms with E-state index in [0.717, 1.165) is 5.75 Å². The van der Waals surface area contributed by atoms with E-state index in [4.69, 9.17) is 10.5 Å². The molecule has 4 heteroatoms. The van der Waals surface area contributed by atoms with Crippen molar-refractivity contribution >= 4 is 16.5 Å². The van der Waals surface area contributed by atoms with Crippen LogP contribution in [0.2, 0.25) is 0 Å². The lowest BCUT2D eigenvalue weighted by atomic mass is 10.2. The Bertz CT molecular complexity index is 362. The molecular weight excluding hydrogens is 234 g/mol. The first-order valence-electron chi connectivity index (χ1n) is 5.86. The van der Waals surface area contributed by atoms with Gasteiger partial charge in [-0.1, -0.05) is 20.8 Å². The van der Waals surface area contributed by atoms with Crippen molar-refractivity contribution in [3.8, 4) is 5.75 Å². The van der Waals surface area contributed by atoms with Crippen LogP contribution in [-0.4, -0.2) is 21.8 Å². The number of nitrogen functional groups attached to an aromatic ring is 1. The molecule has 17 heavy (non-hydrogen) atoms. The monoisotopic (exact) mass is 255 g/mol. The molecule has 0 saturated carbocycles. The maximum Gasteiger partial charge on any atom is 0.119 e. The third kappa shape index (κ3) is 4.77. The van der Waals surface area contributed by atoms with Gasteiger partial charge in [0.25, 0.3) is 0 Å². The van der Waals surface area contributed by atoms with Crippen molar-refractivity contribution in [1.29, 1.82) is 0 Å². The van der Waals surface area contributed by atoms with Gasteiger partial charge in [0.2, 0.25) is 0 Å². The number of benzene rings is 1. The van der Waals surface area contributed by atoms with E-state index in [2.05, 4.69) is 13.8 Å². The topological polar surface area (TPSA) is 52.3 Å². The van der Waals surface area contributed by atoms with Gasteiger partial charge in [-0.2, -0.15) is 0 Å². The Kier molecular flexibility index (Phi) is 5.48. The third-order valence-corrected chi connectivity index (χ3v) is 4.73. The van der Waals surface area contributed by atoms with Gasteiger partial charge in [0, 0.05) is 21.7 Å². The van der Waals surface area contributed by atoms with E-state index in [9.17, 15) is 4.21 Å². The van der Waals surface area contributed by atoms with Gasteiger partial charge in [0.15, 0.2) is 0 Å². The molecule has 0 bridgehead atoms. The first-order chi connectivity index (χ1) is 8.00. The van der Waals surface area contributed by atoms with Crippen molar-refractivity contribution in [3.63, 3.8) is 0 Å². The number of nitrogens with two attached hydrogens (primary N) is 1. The molecule has 3 nitrogen and oxygen atoms in total. The maximum absolute atomic E-state index is 11.8. The predicted octanol–water partition coefficient (Wildman–Crippen LogP) is 2.44. The summed E-state index contributed by atoms with van der Waals surface area (Å²) < 4.78 is 17.4. The zero-order valence-electron chi connectivity index (χ0n) is 10.7.